The summed E-state index contributed by atoms with van der Waals surface area (Å²) < 4.78 is 60.0. The van der Waals surface area contributed by atoms with Gasteiger partial charge in [-0.05, 0) is 114 Å². The number of aromatic nitrogens is 10. The average Bonchev–Trinajstić information content (AvgIpc) is 1.62. The van der Waals surface area contributed by atoms with Crippen molar-refractivity contribution in [3.05, 3.63) is 455 Å². The molecule has 3 atom stereocenters. The lowest BCUT2D eigenvalue weighted by Gasteiger charge is -2.31. The molecule has 25 aromatic rings. The first-order valence-corrected chi connectivity index (χ1v) is 49.7. The van der Waals surface area contributed by atoms with Crippen LogP contribution in [0.5, 0.6) is 0 Å². The Hall–Kier alpha value is -16.5. The number of hydrogen-bond donors (Lipinski definition) is 0. The SMILES string of the molecule is O=P1(c2ccccc2)c2c(-c3nc4ccccc4nc3-c3ccccc3)cccc2-n2c(-c3ccccc3)nc3cccc1c32.O=P1(c2ccccc2)c2c(cccc2-n2c3ccccc3c3c4ccccc4ccc32)-n2c(-c3ccccc3)nc3cccc1c32.O=P1(c2ccccc2)c2c(cccc2-n2c3ccccc3c3ccccc32)-n2c(-c3ccccc3)nc3cccc1c32. The molecule has 0 fully saturated rings. The van der Waals surface area contributed by atoms with Crippen molar-refractivity contribution in [2.45, 2.75) is 0 Å². The van der Waals surface area contributed by atoms with Gasteiger partial charge in [-0.1, -0.05) is 352 Å². The Morgan fingerprint density at radius 2 is 0.496 bits per heavy atom. The molecule has 0 saturated heterocycles. The first kappa shape index (κ1) is 77.6. The van der Waals surface area contributed by atoms with E-state index in [1.54, 1.807) is 0 Å². The second-order valence-electron chi connectivity index (χ2n) is 33.8. The van der Waals surface area contributed by atoms with Gasteiger partial charge in [-0.15, -0.1) is 0 Å². The first-order chi connectivity index (χ1) is 65.7. The summed E-state index contributed by atoms with van der Waals surface area (Å²) in [7, 11) is -10.2. The van der Waals surface area contributed by atoms with E-state index in [1.807, 2.05) is 255 Å². The van der Waals surface area contributed by atoms with Crippen molar-refractivity contribution in [2.24, 2.45) is 0 Å². The van der Waals surface area contributed by atoms with Crippen LogP contribution in [0.1, 0.15) is 0 Å². The van der Waals surface area contributed by atoms with Gasteiger partial charge in [0.05, 0.1) is 122 Å². The molecule has 13 nitrogen and oxygen atoms in total. The van der Waals surface area contributed by atoms with Crippen molar-refractivity contribution in [3.8, 4) is 85.1 Å². The summed E-state index contributed by atoms with van der Waals surface area (Å²) in [6.45, 7) is 0. The third kappa shape index (κ3) is 11.6. The summed E-state index contributed by atoms with van der Waals surface area (Å²) in [5.74, 6) is 2.50. The standard InChI is InChI=1S/C41H26N3OP.C39H25N4OP.C37H24N3OP/c45-46(29-16-5-2-6-17-29)37-24-11-20-32-39(37)44(41(42-32)28-14-3-1-4-15-28)36-23-12-22-35(40(36)46)43-33-21-10-9-19-31(33)38-30-18-8-7-13-27(30)25-26-34(38)43;44-45(28-18-8-3-9-19-28)34-25-13-23-32-37(34)43(39(42-32)27-16-6-2-7-17-27)33-24-12-20-29(38(33)45)36-35(26-14-4-1-5-15-26)40-30-21-10-11-22-31(30)41-36;41-42(26-15-5-2-6-16-26)34-24-11-19-29-35(34)40(37(38-29)25-13-3-1-4-14-25)33-23-12-22-32(36(33)42)39-30-20-9-7-17-27(30)28-18-8-10-21-31(28)39/h1-26H;1-25H;1-24H. The fourth-order valence-corrected chi connectivity index (χ4v) is 30.6. The molecule has 3 unspecified atom stereocenters. The summed E-state index contributed by atoms with van der Waals surface area (Å²) in [5, 5.41) is 14.3. The number of rotatable bonds is 10. The largest absolute Gasteiger partial charge is 0.308 e. The van der Waals surface area contributed by atoms with Crippen molar-refractivity contribution in [2.75, 3.05) is 0 Å². The summed E-state index contributed by atoms with van der Waals surface area (Å²) >= 11 is 0. The van der Waals surface area contributed by atoms with Crippen molar-refractivity contribution < 1.29 is 13.7 Å². The van der Waals surface area contributed by atoms with Crippen LogP contribution in [0.4, 0.5) is 0 Å². The second kappa shape index (κ2) is 30.6. The van der Waals surface area contributed by atoms with E-state index < -0.39 is 21.4 Å². The third-order valence-corrected chi connectivity index (χ3v) is 36.1. The molecule has 16 heteroatoms. The van der Waals surface area contributed by atoms with Crippen LogP contribution in [-0.2, 0) is 13.7 Å². The number of hydrogen-bond acceptors (Lipinski definition) is 8. The fourth-order valence-electron chi connectivity index (χ4n) is 21.0. The van der Waals surface area contributed by atoms with Crippen LogP contribution in [0, 0.1) is 0 Å². The van der Waals surface area contributed by atoms with Crippen LogP contribution < -0.4 is 47.7 Å². The Morgan fingerprint density at radius 3 is 0.925 bits per heavy atom. The highest BCUT2D eigenvalue weighted by Crippen LogP contribution is 2.57. The molecule has 0 saturated carbocycles. The van der Waals surface area contributed by atoms with Crippen LogP contribution in [0.25, 0.3) is 184 Å². The Labute approximate surface area is 763 Å². The molecular formula is C117H75N10O3P3. The monoisotopic (exact) mass is 1760 g/mol. The molecule has 6 aromatic heterocycles. The predicted molar refractivity (Wildman–Crippen MR) is 549 cm³/mol. The van der Waals surface area contributed by atoms with Gasteiger partial charge in [0.2, 0.25) is 0 Å². The van der Waals surface area contributed by atoms with Gasteiger partial charge in [-0.3, -0.25) is 13.7 Å². The lowest BCUT2D eigenvalue weighted by atomic mass is 10.0. The molecule has 19 aromatic carbocycles. The van der Waals surface area contributed by atoms with E-state index in [-0.39, 0.29) is 0 Å². The molecule has 0 radical (unpaired) electrons. The van der Waals surface area contributed by atoms with Gasteiger partial charge >= 0.3 is 0 Å². The number of imidazole rings is 3. The molecule has 133 heavy (non-hydrogen) atoms. The smallest absolute Gasteiger partial charge is 0.177 e. The van der Waals surface area contributed by atoms with E-state index in [1.165, 1.54) is 32.3 Å². The summed E-state index contributed by atoms with van der Waals surface area (Å²) in [6.07, 6.45) is 0. The highest BCUT2D eigenvalue weighted by molar-refractivity contribution is 7.87. The summed E-state index contributed by atoms with van der Waals surface area (Å²) in [4.78, 5) is 25.9. The van der Waals surface area contributed by atoms with E-state index >= 15 is 13.7 Å². The van der Waals surface area contributed by atoms with E-state index in [2.05, 4.69) is 223 Å². The molecular weight excluding hydrogens is 1690 g/mol. The minimum absolute atomic E-state index is 0.699. The molecule has 0 N–H and O–H groups in total. The van der Waals surface area contributed by atoms with Crippen LogP contribution in [0.15, 0.2) is 455 Å². The zero-order valence-corrected chi connectivity index (χ0v) is 74.0. The predicted octanol–water partition coefficient (Wildman–Crippen LogP) is 24.6. The highest BCUT2D eigenvalue weighted by Gasteiger charge is 2.47. The molecule has 0 bridgehead atoms. The van der Waals surface area contributed by atoms with Gasteiger partial charge in [0.15, 0.2) is 21.4 Å². The quantitative estimate of drug-likeness (QED) is 0.123. The van der Waals surface area contributed by atoms with Crippen LogP contribution in [0.3, 0.4) is 0 Å². The molecule has 626 valence electrons. The van der Waals surface area contributed by atoms with Crippen LogP contribution in [0.2, 0.25) is 0 Å². The Morgan fingerprint density at radius 1 is 0.195 bits per heavy atom. The summed E-state index contributed by atoms with van der Waals surface area (Å²) in [5.41, 5.74) is 21.8. The van der Waals surface area contributed by atoms with Gasteiger partial charge in [0.25, 0.3) is 0 Å². The zero-order valence-electron chi connectivity index (χ0n) is 71.3. The highest BCUT2D eigenvalue weighted by atomic mass is 31.2. The maximum atomic E-state index is 16.4. The van der Waals surface area contributed by atoms with Gasteiger partial charge in [0.1, 0.15) is 17.5 Å². The molecule has 9 heterocycles. The first-order valence-electron chi connectivity index (χ1n) is 44.5. The lowest BCUT2D eigenvalue weighted by molar-refractivity contribution is 0.591. The lowest BCUT2D eigenvalue weighted by Crippen LogP contribution is -2.35. The van der Waals surface area contributed by atoms with Gasteiger partial charge < -0.3 is 22.8 Å². The Balaban J connectivity index is 0.000000104. The van der Waals surface area contributed by atoms with Gasteiger partial charge in [0, 0.05) is 81.2 Å². The molecule has 3 aliphatic rings. The maximum Gasteiger partial charge on any atom is 0.177 e. The maximum absolute atomic E-state index is 16.4. The van der Waals surface area contributed by atoms with Gasteiger partial charge in [-0.2, -0.15) is 0 Å². The molecule has 0 spiro atoms. The van der Waals surface area contributed by atoms with Crippen molar-refractivity contribution in [1.29, 1.82) is 0 Å². The van der Waals surface area contributed by atoms with E-state index in [9.17, 15) is 0 Å². The summed E-state index contributed by atoms with van der Waals surface area (Å²) in [6, 6.07) is 154. The van der Waals surface area contributed by atoms with Crippen molar-refractivity contribution >= 4 is 168 Å². The van der Waals surface area contributed by atoms with Crippen LogP contribution >= 0.6 is 21.4 Å². The minimum atomic E-state index is -3.45. The topological polar surface area (TPSA) is 140 Å². The average molecular weight is 1760 g/mol. The normalized spacial score (nSPS) is 15.5. The second-order valence-corrected chi connectivity index (χ2v) is 41.8. The minimum Gasteiger partial charge on any atom is -0.308 e. The van der Waals surface area contributed by atoms with E-state index in [0.717, 1.165) is 193 Å². The number of nitrogens with zero attached hydrogens (tertiary/aromatic N) is 10. The number of benzene rings is 19. The number of fused-ring (bicyclic) bond motifs is 15. The van der Waals surface area contributed by atoms with E-state index in [0.29, 0.717) is 5.69 Å². The fraction of sp³-hybridized carbons (Fsp3) is 0. The Kier molecular flexibility index (Phi) is 17.8. The zero-order chi connectivity index (χ0) is 88.2. The van der Waals surface area contributed by atoms with Crippen LogP contribution in [-0.4, -0.2) is 47.8 Å². The van der Waals surface area contributed by atoms with E-state index in [4.69, 9.17) is 24.9 Å². The van der Waals surface area contributed by atoms with Gasteiger partial charge in [-0.25, -0.2) is 24.9 Å². The molecule has 0 amide bonds. The molecule has 3 aliphatic heterocycles. The number of para-hydroxylation sites is 8. The Bertz CT molecular complexity index is 9210. The van der Waals surface area contributed by atoms with Crippen molar-refractivity contribution in [1.82, 2.24) is 47.8 Å². The molecule has 28 rings (SSSR count). The van der Waals surface area contributed by atoms with Crippen molar-refractivity contribution in [3.63, 3.8) is 0 Å². The molecule has 0 aliphatic carbocycles. The third-order valence-electron chi connectivity index (χ3n) is 26.6.